The topological polar surface area (TPSA) is 52.9 Å². The van der Waals surface area contributed by atoms with Gasteiger partial charge in [-0.2, -0.15) is 5.26 Å². The lowest BCUT2D eigenvalue weighted by molar-refractivity contribution is 0.102. The minimum Gasteiger partial charge on any atom is -0.322 e. The van der Waals surface area contributed by atoms with E-state index in [4.69, 9.17) is 16.9 Å². The Labute approximate surface area is 116 Å². The Hall–Kier alpha value is -2.31. The number of carbonyl (C=O) groups is 1. The molecule has 2 aromatic carbocycles. The summed E-state index contributed by atoms with van der Waals surface area (Å²) in [4.78, 5) is 12.1. The van der Waals surface area contributed by atoms with Crippen LogP contribution in [0.25, 0.3) is 0 Å². The van der Waals surface area contributed by atoms with Crippen LogP contribution in [0.4, 0.5) is 5.69 Å². The third-order valence-electron chi connectivity index (χ3n) is 2.73. The van der Waals surface area contributed by atoms with Gasteiger partial charge in [-0.25, -0.2) is 0 Å². The first kappa shape index (κ1) is 13.1. The van der Waals surface area contributed by atoms with E-state index in [1.165, 1.54) is 0 Å². The van der Waals surface area contributed by atoms with Crippen molar-refractivity contribution in [2.75, 3.05) is 5.32 Å². The number of halogens is 1. The Morgan fingerprint density at radius 2 is 2.00 bits per heavy atom. The summed E-state index contributed by atoms with van der Waals surface area (Å²) >= 11 is 5.84. The van der Waals surface area contributed by atoms with Gasteiger partial charge in [0.15, 0.2) is 0 Å². The molecule has 0 aliphatic carbocycles. The Kier molecular flexibility index (Phi) is 3.84. The van der Waals surface area contributed by atoms with Gasteiger partial charge in [-0.1, -0.05) is 29.8 Å². The first-order chi connectivity index (χ1) is 9.11. The summed E-state index contributed by atoms with van der Waals surface area (Å²) in [6, 6.07) is 14.1. The van der Waals surface area contributed by atoms with Gasteiger partial charge in [-0.3, -0.25) is 4.79 Å². The number of nitrogens with one attached hydrogen (secondary N) is 1. The second-order valence-corrected chi connectivity index (χ2v) is 4.48. The van der Waals surface area contributed by atoms with Crippen molar-refractivity contribution in [1.82, 2.24) is 0 Å². The zero-order valence-electron chi connectivity index (χ0n) is 10.3. The Balaban J connectivity index is 2.25. The first-order valence-corrected chi connectivity index (χ1v) is 6.06. The zero-order valence-corrected chi connectivity index (χ0v) is 11.0. The van der Waals surface area contributed by atoms with E-state index in [0.29, 0.717) is 21.8 Å². The molecular formula is C15H11ClN2O. The number of benzene rings is 2. The summed E-state index contributed by atoms with van der Waals surface area (Å²) in [6.07, 6.45) is 0. The quantitative estimate of drug-likeness (QED) is 0.903. The second-order valence-electron chi connectivity index (χ2n) is 4.08. The SMILES string of the molecule is Cc1ccccc1C(=O)Nc1ccc(Cl)c(C#N)c1. The molecule has 0 heterocycles. The first-order valence-electron chi connectivity index (χ1n) is 5.68. The molecule has 0 saturated carbocycles. The third-order valence-corrected chi connectivity index (χ3v) is 3.06. The van der Waals surface area contributed by atoms with Gasteiger partial charge < -0.3 is 5.32 Å². The van der Waals surface area contributed by atoms with Crippen molar-refractivity contribution in [3.63, 3.8) is 0 Å². The highest BCUT2D eigenvalue weighted by atomic mass is 35.5. The van der Waals surface area contributed by atoms with Crippen LogP contribution in [0.1, 0.15) is 21.5 Å². The van der Waals surface area contributed by atoms with Crippen LogP contribution in [0.15, 0.2) is 42.5 Å². The van der Waals surface area contributed by atoms with Gasteiger partial charge in [0.1, 0.15) is 6.07 Å². The third kappa shape index (κ3) is 2.93. The lowest BCUT2D eigenvalue weighted by Gasteiger charge is -2.08. The van der Waals surface area contributed by atoms with Crippen molar-refractivity contribution >= 4 is 23.2 Å². The van der Waals surface area contributed by atoms with Crippen LogP contribution in [-0.4, -0.2) is 5.91 Å². The van der Waals surface area contributed by atoms with Crippen LogP contribution in [0, 0.1) is 18.3 Å². The monoisotopic (exact) mass is 270 g/mol. The molecule has 0 unspecified atom stereocenters. The lowest BCUT2D eigenvalue weighted by atomic mass is 10.1. The molecule has 0 aliphatic rings. The van der Waals surface area contributed by atoms with Gasteiger partial charge in [0.05, 0.1) is 10.6 Å². The molecule has 0 radical (unpaired) electrons. The number of anilines is 1. The van der Waals surface area contributed by atoms with E-state index in [1.807, 2.05) is 31.2 Å². The molecule has 0 bridgehead atoms. The molecule has 94 valence electrons. The van der Waals surface area contributed by atoms with Gasteiger partial charge in [-0.15, -0.1) is 0 Å². The van der Waals surface area contributed by atoms with E-state index in [-0.39, 0.29) is 5.91 Å². The summed E-state index contributed by atoms with van der Waals surface area (Å²) in [5.41, 5.74) is 2.39. The smallest absolute Gasteiger partial charge is 0.255 e. The average Bonchev–Trinajstić information content (AvgIpc) is 2.41. The Bertz CT molecular complexity index is 674. The molecule has 0 fully saturated rings. The van der Waals surface area contributed by atoms with Crippen LogP contribution < -0.4 is 5.32 Å². The normalized spacial score (nSPS) is 9.74. The number of amides is 1. The average molecular weight is 271 g/mol. The maximum absolute atomic E-state index is 12.1. The Morgan fingerprint density at radius 3 is 2.68 bits per heavy atom. The van der Waals surface area contributed by atoms with E-state index in [9.17, 15) is 4.79 Å². The highest BCUT2D eigenvalue weighted by Crippen LogP contribution is 2.20. The van der Waals surface area contributed by atoms with Gasteiger partial charge >= 0.3 is 0 Å². The largest absolute Gasteiger partial charge is 0.322 e. The van der Waals surface area contributed by atoms with Crippen molar-refractivity contribution in [1.29, 1.82) is 5.26 Å². The van der Waals surface area contributed by atoms with E-state index < -0.39 is 0 Å². The molecular weight excluding hydrogens is 260 g/mol. The van der Waals surface area contributed by atoms with Crippen LogP contribution >= 0.6 is 11.6 Å². The summed E-state index contributed by atoms with van der Waals surface area (Å²) in [6.45, 7) is 1.87. The molecule has 4 heteroatoms. The molecule has 1 amide bonds. The number of nitrogens with zero attached hydrogens (tertiary/aromatic N) is 1. The fourth-order valence-electron chi connectivity index (χ4n) is 1.71. The summed E-state index contributed by atoms with van der Waals surface area (Å²) < 4.78 is 0. The highest BCUT2D eigenvalue weighted by molar-refractivity contribution is 6.31. The van der Waals surface area contributed by atoms with Gasteiger partial charge in [-0.05, 0) is 36.8 Å². The molecule has 0 atom stereocenters. The van der Waals surface area contributed by atoms with Crippen LogP contribution in [0.2, 0.25) is 5.02 Å². The van der Waals surface area contributed by atoms with Crippen LogP contribution in [0.3, 0.4) is 0 Å². The summed E-state index contributed by atoms with van der Waals surface area (Å²) in [5.74, 6) is -0.204. The van der Waals surface area contributed by atoms with E-state index in [0.717, 1.165) is 5.56 Å². The molecule has 3 nitrogen and oxygen atoms in total. The number of rotatable bonds is 2. The van der Waals surface area contributed by atoms with Crippen molar-refractivity contribution in [2.45, 2.75) is 6.92 Å². The summed E-state index contributed by atoms with van der Waals surface area (Å²) in [7, 11) is 0. The number of hydrogen-bond acceptors (Lipinski definition) is 2. The molecule has 0 aliphatic heterocycles. The number of aryl methyl sites for hydroxylation is 1. The minimum absolute atomic E-state index is 0.204. The molecule has 0 saturated heterocycles. The fraction of sp³-hybridized carbons (Fsp3) is 0.0667. The molecule has 0 aromatic heterocycles. The van der Waals surface area contributed by atoms with Crippen molar-refractivity contribution in [2.24, 2.45) is 0 Å². The molecule has 2 rings (SSSR count). The summed E-state index contributed by atoms with van der Waals surface area (Å²) in [5, 5.41) is 12.0. The fourth-order valence-corrected chi connectivity index (χ4v) is 1.87. The zero-order chi connectivity index (χ0) is 13.8. The maximum atomic E-state index is 12.1. The maximum Gasteiger partial charge on any atom is 0.255 e. The standard InChI is InChI=1S/C15H11ClN2O/c1-10-4-2-3-5-13(10)15(19)18-12-6-7-14(16)11(8-12)9-17/h2-8H,1H3,(H,18,19). The molecule has 19 heavy (non-hydrogen) atoms. The van der Waals surface area contributed by atoms with Crippen molar-refractivity contribution < 1.29 is 4.79 Å². The molecule has 2 aromatic rings. The lowest BCUT2D eigenvalue weighted by Crippen LogP contribution is -2.13. The number of hydrogen-bond donors (Lipinski definition) is 1. The molecule has 1 N–H and O–H groups in total. The molecule has 0 spiro atoms. The van der Waals surface area contributed by atoms with E-state index in [1.54, 1.807) is 24.3 Å². The van der Waals surface area contributed by atoms with E-state index in [2.05, 4.69) is 5.32 Å². The Morgan fingerprint density at radius 1 is 1.26 bits per heavy atom. The number of nitriles is 1. The van der Waals surface area contributed by atoms with Crippen LogP contribution in [-0.2, 0) is 0 Å². The van der Waals surface area contributed by atoms with Gasteiger partial charge in [0.25, 0.3) is 5.91 Å². The van der Waals surface area contributed by atoms with Crippen LogP contribution in [0.5, 0.6) is 0 Å². The second kappa shape index (κ2) is 5.55. The van der Waals surface area contributed by atoms with Crippen molar-refractivity contribution in [3.8, 4) is 6.07 Å². The van der Waals surface area contributed by atoms with Gasteiger partial charge in [0.2, 0.25) is 0 Å². The van der Waals surface area contributed by atoms with Gasteiger partial charge in [0, 0.05) is 11.3 Å². The predicted octanol–water partition coefficient (Wildman–Crippen LogP) is 3.77. The highest BCUT2D eigenvalue weighted by Gasteiger charge is 2.09. The number of carbonyl (C=O) groups excluding carboxylic acids is 1. The van der Waals surface area contributed by atoms with Crippen molar-refractivity contribution in [3.05, 3.63) is 64.2 Å². The van der Waals surface area contributed by atoms with E-state index >= 15 is 0 Å². The predicted molar refractivity (Wildman–Crippen MR) is 75.3 cm³/mol. The minimum atomic E-state index is -0.204.